The van der Waals surface area contributed by atoms with Crippen LogP contribution in [0.1, 0.15) is 5.56 Å². The van der Waals surface area contributed by atoms with Crippen LogP contribution in [-0.2, 0) is 11.2 Å². The van der Waals surface area contributed by atoms with Gasteiger partial charge in [-0.1, -0.05) is 24.3 Å². The Morgan fingerprint density at radius 1 is 1.19 bits per heavy atom. The zero-order valence-corrected chi connectivity index (χ0v) is 11.4. The molecule has 0 aliphatic rings. The maximum atomic E-state index is 13.0. The highest BCUT2D eigenvalue weighted by molar-refractivity contribution is 5.77. The standard InChI is InChI=1S/C16H16FNO3/c17-13-5-3-4-12(10-13)8-9-18-16(20)11-21-15-7-2-1-6-14(15)19/h1-7,10,19H,8-9,11H2,(H,18,20). The van der Waals surface area contributed by atoms with Gasteiger partial charge in [0.2, 0.25) is 0 Å². The minimum absolute atomic E-state index is 0.00920. The molecule has 0 aliphatic carbocycles. The molecule has 0 unspecified atom stereocenters. The lowest BCUT2D eigenvalue weighted by Gasteiger charge is -2.08. The van der Waals surface area contributed by atoms with Crippen molar-refractivity contribution in [2.75, 3.05) is 13.2 Å². The van der Waals surface area contributed by atoms with Gasteiger partial charge >= 0.3 is 0 Å². The molecule has 2 aromatic carbocycles. The Balaban J connectivity index is 1.72. The van der Waals surface area contributed by atoms with E-state index in [1.54, 1.807) is 30.3 Å². The first-order valence-corrected chi connectivity index (χ1v) is 6.57. The summed E-state index contributed by atoms with van der Waals surface area (Å²) in [6.45, 7) is 0.215. The number of phenols is 1. The van der Waals surface area contributed by atoms with Gasteiger partial charge in [0.05, 0.1) is 0 Å². The van der Waals surface area contributed by atoms with E-state index in [2.05, 4.69) is 5.32 Å². The first kappa shape index (κ1) is 14.8. The van der Waals surface area contributed by atoms with E-state index in [1.807, 2.05) is 0 Å². The van der Waals surface area contributed by atoms with Crippen molar-refractivity contribution in [2.45, 2.75) is 6.42 Å². The normalized spacial score (nSPS) is 10.1. The molecule has 1 amide bonds. The van der Waals surface area contributed by atoms with Crippen molar-refractivity contribution in [1.29, 1.82) is 0 Å². The van der Waals surface area contributed by atoms with Crippen molar-refractivity contribution in [3.63, 3.8) is 0 Å². The van der Waals surface area contributed by atoms with Crippen LogP contribution in [0.2, 0.25) is 0 Å². The average Bonchev–Trinajstić information content (AvgIpc) is 2.46. The van der Waals surface area contributed by atoms with Crippen LogP contribution < -0.4 is 10.1 Å². The van der Waals surface area contributed by atoms with Gasteiger partial charge in [-0.2, -0.15) is 0 Å². The third kappa shape index (κ3) is 4.80. The number of hydrogen-bond donors (Lipinski definition) is 2. The van der Waals surface area contributed by atoms with Crippen molar-refractivity contribution >= 4 is 5.91 Å². The predicted octanol–water partition coefficient (Wildman–Crippen LogP) is 2.27. The van der Waals surface area contributed by atoms with Crippen molar-refractivity contribution < 1.29 is 19.0 Å². The summed E-state index contributed by atoms with van der Waals surface area (Å²) < 4.78 is 18.2. The molecule has 0 atom stereocenters. The molecular weight excluding hydrogens is 273 g/mol. The Labute approximate surface area is 122 Å². The highest BCUT2D eigenvalue weighted by Crippen LogP contribution is 2.23. The highest BCUT2D eigenvalue weighted by Gasteiger charge is 2.05. The van der Waals surface area contributed by atoms with Gasteiger partial charge < -0.3 is 15.2 Å². The summed E-state index contributed by atoms with van der Waals surface area (Å²) in [5.74, 6) is -0.334. The lowest BCUT2D eigenvalue weighted by molar-refractivity contribution is -0.123. The molecular formula is C16H16FNO3. The number of amides is 1. The maximum absolute atomic E-state index is 13.0. The quantitative estimate of drug-likeness (QED) is 0.857. The average molecular weight is 289 g/mol. The molecule has 110 valence electrons. The summed E-state index contributed by atoms with van der Waals surface area (Å²) in [4.78, 5) is 11.6. The van der Waals surface area contributed by atoms with E-state index in [9.17, 15) is 14.3 Å². The van der Waals surface area contributed by atoms with Crippen LogP contribution in [0.4, 0.5) is 4.39 Å². The highest BCUT2D eigenvalue weighted by atomic mass is 19.1. The molecule has 0 bridgehead atoms. The summed E-state index contributed by atoms with van der Waals surface area (Å²) in [5.41, 5.74) is 0.817. The van der Waals surface area contributed by atoms with Crippen molar-refractivity contribution in [1.82, 2.24) is 5.32 Å². The van der Waals surface area contributed by atoms with Crippen LogP contribution in [0.3, 0.4) is 0 Å². The Morgan fingerprint density at radius 2 is 2.00 bits per heavy atom. The SMILES string of the molecule is O=C(COc1ccccc1O)NCCc1cccc(F)c1. The number of aromatic hydroxyl groups is 1. The summed E-state index contributed by atoms with van der Waals surface area (Å²) in [5, 5.41) is 12.2. The van der Waals surface area contributed by atoms with Crippen molar-refractivity contribution in [3.05, 3.63) is 59.9 Å². The molecule has 0 heterocycles. The van der Waals surface area contributed by atoms with Gasteiger partial charge in [0.1, 0.15) is 5.82 Å². The third-order valence-corrected chi connectivity index (χ3v) is 2.85. The number of rotatable bonds is 6. The molecule has 0 radical (unpaired) electrons. The minimum Gasteiger partial charge on any atom is -0.504 e. The van der Waals surface area contributed by atoms with Gasteiger partial charge in [-0.05, 0) is 36.2 Å². The van der Waals surface area contributed by atoms with Gasteiger partial charge in [0.15, 0.2) is 18.1 Å². The number of benzene rings is 2. The fourth-order valence-corrected chi connectivity index (χ4v) is 1.81. The second kappa shape index (κ2) is 7.28. The summed E-state index contributed by atoms with van der Waals surface area (Å²) in [6, 6.07) is 12.7. The number of hydrogen-bond acceptors (Lipinski definition) is 3. The topological polar surface area (TPSA) is 58.6 Å². The first-order chi connectivity index (χ1) is 10.1. The number of nitrogens with one attached hydrogen (secondary N) is 1. The van der Waals surface area contributed by atoms with E-state index in [0.717, 1.165) is 5.56 Å². The number of carbonyl (C=O) groups excluding carboxylic acids is 1. The lowest BCUT2D eigenvalue weighted by atomic mass is 10.1. The Hall–Kier alpha value is -2.56. The van der Waals surface area contributed by atoms with Crippen molar-refractivity contribution in [3.8, 4) is 11.5 Å². The van der Waals surface area contributed by atoms with Crippen LogP contribution in [-0.4, -0.2) is 24.2 Å². The number of para-hydroxylation sites is 2. The molecule has 0 aliphatic heterocycles. The van der Waals surface area contributed by atoms with Crippen LogP contribution in [0.25, 0.3) is 0 Å². The van der Waals surface area contributed by atoms with Crippen LogP contribution >= 0.6 is 0 Å². The molecule has 0 saturated carbocycles. The number of halogens is 1. The summed E-state index contributed by atoms with van der Waals surface area (Å²) in [6.07, 6.45) is 0.542. The fourth-order valence-electron chi connectivity index (χ4n) is 1.81. The largest absolute Gasteiger partial charge is 0.504 e. The molecule has 2 rings (SSSR count). The minimum atomic E-state index is -0.297. The van der Waals surface area contributed by atoms with E-state index in [4.69, 9.17) is 4.74 Å². The Morgan fingerprint density at radius 3 is 2.76 bits per heavy atom. The molecule has 21 heavy (non-hydrogen) atoms. The van der Waals surface area contributed by atoms with Gasteiger partial charge in [0.25, 0.3) is 5.91 Å². The van der Waals surface area contributed by atoms with E-state index in [-0.39, 0.29) is 29.8 Å². The zero-order chi connectivity index (χ0) is 15.1. The monoisotopic (exact) mass is 289 g/mol. The molecule has 0 spiro atoms. The summed E-state index contributed by atoms with van der Waals surface area (Å²) in [7, 11) is 0. The molecule has 0 saturated heterocycles. The maximum Gasteiger partial charge on any atom is 0.257 e. The summed E-state index contributed by atoms with van der Waals surface area (Å²) >= 11 is 0. The third-order valence-electron chi connectivity index (χ3n) is 2.85. The van der Waals surface area contributed by atoms with E-state index >= 15 is 0 Å². The smallest absolute Gasteiger partial charge is 0.257 e. The van der Waals surface area contributed by atoms with E-state index in [1.165, 1.54) is 18.2 Å². The number of phenolic OH excluding ortho intramolecular Hbond substituents is 1. The van der Waals surface area contributed by atoms with Crippen LogP contribution in [0.15, 0.2) is 48.5 Å². The van der Waals surface area contributed by atoms with E-state index in [0.29, 0.717) is 13.0 Å². The van der Waals surface area contributed by atoms with Gasteiger partial charge in [0, 0.05) is 6.54 Å². The fraction of sp³-hybridized carbons (Fsp3) is 0.188. The number of ether oxygens (including phenoxy) is 1. The molecule has 5 heteroatoms. The zero-order valence-electron chi connectivity index (χ0n) is 11.4. The molecule has 0 fully saturated rings. The molecule has 0 aromatic heterocycles. The Kier molecular flexibility index (Phi) is 5.15. The van der Waals surface area contributed by atoms with Gasteiger partial charge in [-0.25, -0.2) is 4.39 Å². The molecule has 4 nitrogen and oxygen atoms in total. The lowest BCUT2D eigenvalue weighted by Crippen LogP contribution is -2.30. The Bertz CT molecular complexity index is 616. The van der Waals surface area contributed by atoms with E-state index < -0.39 is 0 Å². The van der Waals surface area contributed by atoms with Crippen LogP contribution in [0.5, 0.6) is 11.5 Å². The molecule has 2 N–H and O–H groups in total. The predicted molar refractivity (Wildman–Crippen MR) is 76.7 cm³/mol. The second-order valence-corrected chi connectivity index (χ2v) is 4.49. The number of carbonyl (C=O) groups is 1. The van der Waals surface area contributed by atoms with Crippen LogP contribution in [0, 0.1) is 5.82 Å². The van der Waals surface area contributed by atoms with Gasteiger partial charge in [-0.3, -0.25) is 4.79 Å². The van der Waals surface area contributed by atoms with Gasteiger partial charge in [-0.15, -0.1) is 0 Å². The van der Waals surface area contributed by atoms with Crippen molar-refractivity contribution in [2.24, 2.45) is 0 Å². The second-order valence-electron chi connectivity index (χ2n) is 4.49. The first-order valence-electron chi connectivity index (χ1n) is 6.57. The molecule has 2 aromatic rings.